The largest absolute Gasteiger partial charge is 0.463 e. The Morgan fingerprint density at radius 1 is 1.36 bits per heavy atom. The molecule has 0 bridgehead atoms. The average molecular weight is 384 g/mol. The van der Waals surface area contributed by atoms with Crippen molar-refractivity contribution in [2.45, 2.75) is 6.92 Å². The Morgan fingerprint density at radius 3 is 2.89 bits per heavy atom. The van der Waals surface area contributed by atoms with E-state index >= 15 is 0 Å². The number of urea groups is 1. The van der Waals surface area contributed by atoms with E-state index in [1.54, 1.807) is 19.1 Å². The number of hydrogen-bond donors (Lipinski definition) is 2. The molecule has 0 atom stereocenters. The fraction of sp³-hybridized carbons (Fsp3) is 0.167. The third-order valence-electron chi connectivity index (χ3n) is 3.60. The molecule has 0 unspecified atom stereocenters. The highest BCUT2D eigenvalue weighted by Crippen LogP contribution is 2.27. The number of ether oxygens (including phenoxy) is 1. The topological polar surface area (TPSA) is 137 Å². The van der Waals surface area contributed by atoms with Crippen LogP contribution in [0.4, 0.5) is 4.79 Å². The number of nitrogens with one attached hydrogen (secondary N) is 2. The zero-order valence-corrected chi connectivity index (χ0v) is 14.9. The number of carbonyl (C=O) groups is 3. The van der Waals surface area contributed by atoms with E-state index in [0.29, 0.717) is 22.5 Å². The van der Waals surface area contributed by atoms with E-state index in [-0.39, 0.29) is 17.8 Å². The molecule has 10 heteroatoms. The first-order chi connectivity index (χ1) is 13.5. The van der Waals surface area contributed by atoms with Crippen molar-refractivity contribution in [1.29, 1.82) is 0 Å². The predicted octanol–water partition coefficient (Wildman–Crippen LogP) is 1.96. The maximum Gasteiger partial charge on any atom is 0.339 e. The van der Waals surface area contributed by atoms with Crippen molar-refractivity contribution in [2.75, 3.05) is 13.2 Å². The lowest BCUT2D eigenvalue weighted by Gasteiger charge is -2.07. The zero-order chi connectivity index (χ0) is 20.1. The highest BCUT2D eigenvalue weighted by molar-refractivity contribution is 6.05. The standard InChI is InChI=1S/C18H16N4O6/c1-3-6-19-18(25)21-14(23)9-27-17(24)11-8-12(13-5-4-7-26-13)20-16-15(11)10(2)22-28-16/h3-5,7-8H,1,6,9H2,2H3,(H2,19,21,23,25). The van der Waals surface area contributed by atoms with Gasteiger partial charge in [0.2, 0.25) is 0 Å². The summed E-state index contributed by atoms with van der Waals surface area (Å²) in [6.07, 6.45) is 2.92. The molecule has 0 aliphatic carbocycles. The number of furan rings is 1. The molecule has 0 saturated heterocycles. The Kier molecular flexibility index (Phi) is 5.49. The Labute approximate surface area is 158 Å². The van der Waals surface area contributed by atoms with Crippen LogP contribution in [0.25, 0.3) is 22.6 Å². The number of pyridine rings is 1. The highest BCUT2D eigenvalue weighted by atomic mass is 16.5. The van der Waals surface area contributed by atoms with Crippen molar-refractivity contribution in [1.82, 2.24) is 20.8 Å². The van der Waals surface area contributed by atoms with Gasteiger partial charge in [0.05, 0.1) is 22.9 Å². The smallest absolute Gasteiger partial charge is 0.339 e. The normalized spacial score (nSPS) is 10.5. The minimum Gasteiger partial charge on any atom is -0.463 e. The Morgan fingerprint density at radius 2 is 2.18 bits per heavy atom. The lowest BCUT2D eigenvalue weighted by Crippen LogP contribution is -2.41. The molecule has 0 saturated carbocycles. The lowest BCUT2D eigenvalue weighted by molar-refractivity contribution is -0.123. The molecule has 3 aromatic rings. The molecular formula is C18H16N4O6. The number of hydrogen-bond acceptors (Lipinski definition) is 8. The summed E-state index contributed by atoms with van der Waals surface area (Å²) >= 11 is 0. The van der Waals surface area contributed by atoms with Gasteiger partial charge < -0.3 is 19.0 Å². The first-order valence-electron chi connectivity index (χ1n) is 8.16. The third-order valence-corrected chi connectivity index (χ3v) is 3.60. The van der Waals surface area contributed by atoms with E-state index in [1.807, 2.05) is 5.32 Å². The van der Waals surface area contributed by atoms with Crippen LogP contribution in [0.5, 0.6) is 0 Å². The van der Waals surface area contributed by atoms with Crippen LogP contribution in [0, 0.1) is 6.92 Å². The Bertz CT molecular complexity index is 1040. The van der Waals surface area contributed by atoms with Crippen LogP contribution in [0.1, 0.15) is 16.1 Å². The quantitative estimate of drug-likeness (QED) is 0.486. The van der Waals surface area contributed by atoms with Crippen LogP contribution in [-0.4, -0.2) is 41.2 Å². The molecule has 3 rings (SSSR count). The molecule has 0 spiro atoms. The number of carbonyl (C=O) groups excluding carboxylic acids is 3. The van der Waals surface area contributed by atoms with Crippen LogP contribution < -0.4 is 10.6 Å². The van der Waals surface area contributed by atoms with E-state index in [2.05, 4.69) is 22.0 Å². The van der Waals surface area contributed by atoms with Gasteiger partial charge in [0.15, 0.2) is 12.4 Å². The van der Waals surface area contributed by atoms with Gasteiger partial charge in [-0.05, 0) is 25.1 Å². The molecular weight excluding hydrogens is 368 g/mol. The first-order valence-corrected chi connectivity index (χ1v) is 8.16. The molecule has 144 valence electrons. The minimum absolute atomic E-state index is 0.110. The molecule has 3 heterocycles. The molecule has 0 fully saturated rings. The van der Waals surface area contributed by atoms with Crippen LogP contribution in [0.15, 0.2) is 46.1 Å². The summed E-state index contributed by atoms with van der Waals surface area (Å²) < 4.78 is 15.5. The van der Waals surface area contributed by atoms with Crippen LogP contribution in [0.3, 0.4) is 0 Å². The predicted molar refractivity (Wildman–Crippen MR) is 96.3 cm³/mol. The summed E-state index contributed by atoms with van der Waals surface area (Å²) in [7, 11) is 0. The number of aromatic nitrogens is 2. The summed E-state index contributed by atoms with van der Waals surface area (Å²) in [5, 5.41) is 8.57. The average Bonchev–Trinajstić information content (AvgIpc) is 3.34. The van der Waals surface area contributed by atoms with Crippen molar-refractivity contribution in [2.24, 2.45) is 0 Å². The number of imide groups is 1. The number of fused-ring (bicyclic) bond motifs is 1. The number of amides is 3. The number of nitrogens with zero attached hydrogens (tertiary/aromatic N) is 2. The zero-order valence-electron chi connectivity index (χ0n) is 14.9. The second-order valence-corrected chi connectivity index (χ2v) is 5.60. The van der Waals surface area contributed by atoms with Gasteiger partial charge in [-0.1, -0.05) is 11.2 Å². The molecule has 10 nitrogen and oxygen atoms in total. The first kappa shape index (κ1) is 18.8. The summed E-state index contributed by atoms with van der Waals surface area (Å²) in [6, 6.07) is 4.08. The van der Waals surface area contributed by atoms with Gasteiger partial charge in [0, 0.05) is 6.54 Å². The summed E-state index contributed by atoms with van der Waals surface area (Å²) in [6.45, 7) is 4.63. The molecule has 0 aromatic carbocycles. The molecule has 0 radical (unpaired) electrons. The van der Waals surface area contributed by atoms with Gasteiger partial charge in [-0.25, -0.2) is 14.6 Å². The third kappa shape index (κ3) is 4.06. The van der Waals surface area contributed by atoms with Crippen molar-refractivity contribution in [3.8, 4) is 11.5 Å². The van der Waals surface area contributed by atoms with E-state index in [9.17, 15) is 14.4 Å². The Balaban J connectivity index is 1.77. The molecule has 0 aliphatic heterocycles. The maximum atomic E-state index is 12.5. The molecule has 28 heavy (non-hydrogen) atoms. The van der Waals surface area contributed by atoms with Crippen molar-refractivity contribution in [3.63, 3.8) is 0 Å². The van der Waals surface area contributed by atoms with Crippen LogP contribution in [0.2, 0.25) is 0 Å². The fourth-order valence-corrected chi connectivity index (χ4v) is 2.39. The second-order valence-electron chi connectivity index (χ2n) is 5.60. The molecule has 2 N–H and O–H groups in total. The van der Waals surface area contributed by atoms with E-state index < -0.39 is 24.5 Å². The summed E-state index contributed by atoms with van der Waals surface area (Å²) in [5.74, 6) is -1.16. The monoisotopic (exact) mass is 384 g/mol. The lowest BCUT2D eigenvalue weighted by atomic mass is 10.1. The van der Waals surface area contributed by atoms with Gasteiger partial charge in [0.25, 0.3) is 11.6 Å². The van der Waals surface area contributed by atoms with Gasteiger partial charge in [-0.2, -0.15) is 0 Å². The molecule has 3 amide bonds. The van der Waals surface area contributed by atoms with Crippen molar-refractivity contribution >= 4 is 29.0 Å². The van der Waals surface area contributed by atoms with E-state index in [4.69, 9.17) is 13.7 Å². The van der Waals surface area contributed by atoms with Crippen LogP contribution in [-0.2, 0) is 9.53 Å². The number of rotatable bonds is 6. The van der Waals surface area contributed by atoms with Crippen molar-refractivity contribution in [3.05, 3.63) is 48.4 Å². The maximum absolute atomic E-state index is 12.5. The van der Waals surface area contributed by atoms with Crippen molar-refractivity contribution < 1.29 is 28.1 Å². The number of aryl methyl sites for hydroxylation is 1. The molecule has 3 aromatic heterocycles. The van der Waals surface area contributed by atoms with Gasteiger partial charge in [-0.15, -0.1) is 6.58 Å². The summed E-state index contributed by atoms with van der Waals surface area (Å²) in [4.78, 5) is 40.0. The number of esters is 1. The summed E-state index contributed by atoms with van der Waals surface area (Å²) in [5.41, 5.74) is 1.02. The SMILES string of the molecule is C=CCNC(=O)NC(=O)COC(=O)c1cc(-c2ccco2)nc2onc(C)c12. The van der Waals surface area contributed by atoms with E-state index in [1.165, 1.54) is 18.4 Å². The van der Waals surface area contributed by atoms with Crippen LogP contribution >= 0.6 is 0 Å². The van der Waals surface area contributed by atoms with Gasteiger partial charge >= 0.3 is 12.0 Å². The highest BCUT2D eigenvalue weighted by Gasteiger charge is 2.22. The minimum atomic E-state index is -0.798. The second kappa shape index (κ2) is 8.16. The molecule has 0 aliphatic rings. The Hall–Kier alpha value is -3.95. The fourth-order valence-electron chi connectivity index (χ4n) is 2.39. The van der Waals surface area contributed by atoms with E-state index in [0.717, 1.165) is 0 Å². The van der Waals surface area contributed by atoms with Gasteiger partial charge in [0.1, 0.15) is 5.69 Å². The van der Waals surface area contributed by atoms with Gasteiger partial charge in [-0.3, -0.25) is 10.1 Å².